The quantitative estimate of drug-likeness (QED) is 0.909. The first-order valence-corrected chi connectivity index (χ1v) is 7.43. The lowest BCUT2D eigenvalue weighted by atomic mass is 9.88. The van der Waals surface area contributed by atoms with E-state index in [0.717, 1.165) is 11.6 Å². The molecule has 1 atom stereocenters. The van der Waals surface area contributed by atoms with Crippen LogP contribution in [0.15, 0.2) is 29.6 Å². The average molecular weight is 258 g/mol. The van der Waals surface area contributed by atoms with Crippen molar-refractivity contribution in [2.45, 2.75) is 38.8 Å². The lowest BCUT2D eigenvalue weighted by Crippen LogP contribution is -2.24. The molecule has 0 aliphatic heterocycles. The fraction of sp³-hybridized carbons (Fsp3) is 0.400. The minimum atomic E-state index is 0.497. The van der Waals surface area contributed by atoms with Gasteiger partial charge in [-0.25, -0.2) is 4.98 Å². The summed E-state index contributed by atoms with van der Waals surface area (Å²) in [6, 6.07) is 9.31. The summed E-state index contributed by atoms with van der Waals surface area (Å²) < 4.78 is 0. The summed E-state index contributed by atoms with van der Waals surface area (Å²) in [5, 5.41) is 6.95. The largest absolute Gasteiger partial charge is 0.304 e. The van der Waals surface area contributed by atoms with Gasteiger partial charge in [0.1, 0.15) is 0 Å². The lowest BCUT2D eigenvalue weighted by molar-refractivity contribution is 0.456. The van der Waals surface area contributed by atoms with Crippen LogP contribution in [0, 0.1) is 6.92 Å². The molecule has 0 bridgehead atoms. The number of fused-ring (bicyclic) bond motifs is 1. The summed E-state index contributed by atoms with van der Waals surface area (Å²) >= 11 is 1.73. The molecular formula is C15H18N2S. The van der Waals surface area contributed by atoms with Crippen molar-refractivity contribution in [3.8, 4) is 0 Å². The monoisotopic (exact) mass is 258 g/mol. The molecule has 1 aliphatic carbocycles. The van der Waals surface area contributed by atoms with E-state index in [1.54, 1.807) is 11.3 Å². The molecule has 2 aromatic rings. The number of hydrogen-bond acceptors (Lipinski definition) is 3. The van der Waals surface area contributed by atoms with Crippen molar-refractivity contribution < 1.29 is 0 Å². The molecule has 0 saturated heterocycles. The van der Waals surface area contributed by atoms with E-state index in [9.17, 15) is 0 Å². The Balaban J connectivity index is 1.71. The van der Waals surface area contributed by atoms with Crippen LogP contribution in [0.4, 0.5) is 0 Å². The van der Waals surface area contributed by atoms with E-state index < -0.39 is 0 Å². The van der Waals surface area contributed by atoms with E-state index in [2.05, 4.69) is 46.9 Å². The molecule has 0 fully saturated rings. The summed E-state index contributed by atoms with van der Waals surface area (Å²) in [6.45, 7) is 2.94. The molecule has 1 heterocycles. The number of nitrogens with zero attached hydrogens (tertiary/aromatic N) is 1. The summed E-state index contributed by atoms with van der Waals surface area (Å²) in [6.07, 6.45) is 3.75. The summed E-state index contributed by atoms with van der Waals surface area (Å²) in [5.41, 5.74) is 4.16. The number of nitrogens with one attached hydrogen (secondary N) is 1. The average Bonchev–Trinajstić information content (AvgIpc) is 2.82. The predicted molar refractivity (Wildman–Crippen MR) is 75.8 cm³/mol. The molecule has 2 nitrogen and oxygen atoms in total. The lowest BCUT2D eigenvalue weighted by Gasteiger charge is -2.26. The van der Waals surface area contributed by atoms with Crippen LogP contribution in [0.3, 0.4) is 0 Å². The van der Waals surface area contributed by atoms with Crippen LogP contribution < -0.4 is 5.32 Å². The van der Waals surface area contributed by atoms with Gasteiger partial charge in [0.15, 0.2) is 0 Å². The van der Waals surface area contributed by atoms with Gasteiger partial charge < -0.3 is 5.32 Å². The maximum Gasteiger partial charge on any atom is 0.0897 e. The molecular weight excluding hydrogens is 240 g/mol. The van der Waals surface area contributed by atoms with Crippen molar-refractivity contribution in [1.29, 1.82) is 0 Å². The molecule has 0 radical (unpaired) electrons. The summed E-state index contributed by atoms with van der Waals surface area (Å²) in [5.74, 6) is 0. The SMILES string of the molecule is Cc1nc(CNC2CCCc3ccccc32)cs1. The third kappa shape index (κ3) is 2.47. The highest BCUT2D eigenvalue weighted by Crippen LogP contribution is 2.29. The Bertz CT molecular complexity index is 533. The fourth-order valence-corrected chi connectivity index (χ4v) is 3.30. The normalized spacial score (nSPS) is 18.6. The van der Waals surface area contributed by atoms with E-state index in [0.29, 0.717) is 6.04 Å². The summed E-state index contributed by atoms with van der Waals surface area (Å²) in [7, 11) is 0. The van der Waals surface area contributed by atoms with Gasteiger partial charge in [-0.3, -0.25) is 0 Å². The number of benzene rings is 1. The zero-order chi connectivity index (χ0) is 12.4. The van der Waals surface area contributed by atoms with Crippen molar-refractivity contribution >= 4 is 11.3 Å². The number of hydrogen-bond donors (Lipinski definition) is 1. The van der Waals surface area contributed by atoms with Crippen LogP contribution in [-0.2, 0) is 13.0 Å². The van der Waals surface area contributed by atoms with Gasteiger partial charge in [-0.1, -0.05) is 24.3 Å². The number of aryl methyl sites for hydroxylation is 2. The second-order valence-electron chi connectivity index (χ2n) is 4.88. The zero-order valence-corrected chi connectivity index (χ0v) is 11.5. The van der Waals surface area contributed by atoms with Crippen molar-refractivity contribution in [1.82, 2.24) is 10.3 Å². The highest BCUT2D eigenvalue weighted by Gasteiger charge is 2.19. The molecule has 1 aromatic heterocycles. The minimum Gasteiger partial charge on any atom is -0.304 e. The predicted octanol–water partition coefficient (Wildman–Crippen LogP) is 3.62. The van der Waals surface area contributed by atoms with E-state index in [1.807, 2.05) is 0 Å². The van der Waals surface area contributed by atoms with Crippen molar-refractivity contribution in [2.75, 3.05) is 0 Å². The molecule has 1 aliphatic rings. The molecule has 0 amide bonds. The molecule has 1 aromatic carbocycles. The van der Waals surface area contributed by atoms with Crippen molar-refractivity contribution in [3.05, 3.63) is 51.5 Å². The Hall–Kier alpha value is -1.19. The molecule has 0 saturated carbocycles. The molecule has 0 spiro atoms. The zero-order valence-electron chi connectivity index (χ0n) is 10.6. The topological polar surface area (TPSA) is 24.9 Å². The van der Waals surface area contributed by atoms with Gasteiger partial charge in [-0.05, 0) is 37.3 Å². The van der Waals surface area contributed by atoms with Gasteiger partial charge in [0.2, 0.25) is 0 Å². The molecule has 1 unspecified atom stereocenters. The number of aromatic nitrogens is 1. The van der Waals surface area contributed by atoms with Gasteiger partial charge in [-0.2, -0.15) is 0 Å². The van der Waals surface area contributed by atoms with Gasteiger partial charge in [0, 0.05) is 18.0 Å². The Kier molecular flexibility index (Phi) is 3.43. The molecule has 1 N–H and O–H groups in total. The van der Waals surface area contributed by atoms with Crippen LogP contribution >= 0.6 is 11.3 Å². The Labute approximate surface area is 112 Å². The fourth-order valence-electron chi connectivity index (χ4n) is 2.68. The number of rotatable bonds is 3. The molecule has 3 rings (SSSR count). The van der Waals surface area contributed by atoms with Crippen molar-refractivity contribution in [3.63, 3.8) is 0 Å². The molecule has 94 valence electrons. The smallest absolute Gasteiger partial charge is 0.0897 e. The van der Waals surface area contributed by atoms with Gasteiger partial charge >= 0.3 is 0 Å². The Morgan fingerprint density at radius 1 is 1.39 bits per heavy atom. The third-order valence-electron chi connectivity index (χ3n) is 3.57. The minimum absolute atomic E-state index is 0.497. The van der Waals surface area contributed by atoms with Crippen LogP contribution in [0.25, 0.3) is 0 Å². The Morgan fingerprint density at radius 2 is 2.28 bits per heavy atom. The van der Waals surface area contributed by atoms with E-state index in [-0.39, 0.29) is 0 Å². The van der Waals surface area contributed by atoms with Gasteiger partial charge in [0.05, 0.1) is 10.7 Å². The third-order valence-corrected chi connectivity index (χ3v) is 4.39. The number of thiazole rings is 1. The van der Waals surface area contributed by atoms with Gasteiger partial charge in [0.25, 0.3) is 0 Å². The van der Waals surface area contributed by atoms with Crippen LogP contribution in [-0.4, -0.2) is 4.98 Å². The standard InChI is InChI=1S/C15H18N2S/c1-11-17-13(10-18-11)9-16-15-8-4-6-12-5-2-3-7-14(12)15/h2-3,5,7,10,15-16H,4,6,8-9H2,1H3. The van der Waals surface area contributed by atoms with E-state index in [1.165, 1.54) is 36.1 Å². The van der Waals surface area contributed by atoms with Gasteiger partial charge in [-0.15, -0.1) is 11.3 Å². The van der Waals surface area contributed by atoms with E-state index in [4.69, 9.17) is 0 Å². The molecule has 18 heavy (non-hydrogen) atoms. The first kappa shape index (κ1) is 11.9. The highest BCUT2D eigenvalue weighted by molar-refractivity contribution is 7.09. The highest BCUT2D eigenvalue weighted by atomic mass is 32.1. The maximum atomic E-state index is 4.51. The second kappa shape index (κ2) is 5.21. The maximum absolute atomic E-state index is 4.51. The van der Waals surface area contributed by atoms with Crippen molar-refractivity contribution in [2.24, 2.45) is 0 Å². The van der Waals surface area contributed by atoms with Crippen LogP contribution in [0.1, 0.15) is 40.7 Å². The first-order chi connectivity index (χ1) is 8.83. The van der Waals surface area contributed by atoms with Crippen LogP contribution in [0.5, 0.6) is 0 Å². The Morgan fingerprint density at radius 3 is 3.11 bits per heavy atom. The van der Waals surface area contributed by atoms with Crippen LogP contribution in [0.2, 0.25) is 0 Å². The van der Waals surface area contributed by atoms with E-state index >= 15 is 0 Å². The first-order valence-electron chi connectivity index (χ1n) is 6.55. The second-order valence-corrected chi connectivity index (χ2v) is 5.94. The summed E-state index contributed by atoms with van der Waals surface area (Å²) in [4.78, 5) is 4.51. The molecule has 3 heteroatoms.